The summed E-state index contributed by atoms with van der Waals surface area (Å²) >= 11 is 0. The van der Waals surface area contributed by atoms with Crippen LogP contribution >= 0.6 is 0 Å². The predicted molar refractivity (Wildman–Crippen MR) is 62.1 cm³/mol. The number of carbonyl (C=O) groups is 2. The molecule has 0 unspecified atom stereocenters. The molecule has 1 fully saturated rings. The normalized spacial score (nSPS) is 24.3. The van der Waals surface area contributed by atoms with Crippen LogP contribution in [0.2, 0.25) is 0 Å². The average molecular weight is 243 g/mol. The molecule has 0 bridgehead atoms. The highest BCUT2D eigenvalue weighted by atomic mass is 16.4. The van der Waals surface area contributed by atoms with Crippen LogP contribution in [0.1, 0.15) is 40.5 Å². The molecule has 1 aliphatic rings. The van der Waals surface area contributed by atoms with Crippen molar-refractivity contribution in [2.75, 3.05) is 0 Å². The third kappa shape index (κ3) is 2.77. The van der Waals surface area contributed by atoms with Gasteiger partial charge in [-0.25, -0.2) is 4.79 Å². The molecule has 5 heteroatoms. The second-order valence-electron chi connectivity index (χ2n) is 6.16. The van der Waals surface area contributed by atoms with Crippen LogP contribution in [0.15, 0.2) is 0 Å². The van der Waals surface area contributed by atoms with E-state index in [9.17, 15) is 9.59 Å². The molecule has 0 aliphatic heterocycles. The SMILES string of the molecule is CC1(C)CCC(C)(C)C1C(=O)N[C@H](O)C(=O)O. The monoisotopic (exact) mass is 243 g/mol. The standard InChI is InChI=1S/C12H21NO4/c1-11(2)5-6-12(3,4)7(11)8(14)13-9(15)10(16)17/h7,9,15H,5-6H2,1-4H3,(H,13,14)(H,16,17)/t9-/m1/s1. The van der Waals surface area contributed by atoms with E-state index >= 15 is 0 Å². The summed E-state index contributed by atoms with van der Waals surface area (Å²) in [7, 11) is 0. The maximum atomic E-state index is 12.1. The number of hydrogen-bond acceptors (Lipinski definition) is 3. The average Bonchev–Trinajstić information content (AvgIpc) is 2.35. The quantitative estimate of drug-likeness (QED) is 0.645. The summed E-state index contributed by atoms with van der Waals surface area (Å²) in [6, 6.07) is 0. The molecule has 0 spiro atoms. The maximum absolute atomic E-state index is 12.1. The summed E-state index contributed by atoms with van der Waals surface area (Å²) in [5.41, 5.74) is -0.350. The molecule has 0 heterocycles. The van der Waals surface area contributed by atoms with E-state index in [1.54, 1.807) is 0 Å². The van der Waals surface area contributed by atoms with E-state index in [0.29, 0.717) is 0 Å². The van der Waals surface area contributed by atoms with E-state index in [-0.39, 0.29) is 22.7 Å². The molecular formula is C12H21NO4. The van der Waals surface area contributed by atoms with E-state index in [2.05, 4.69) is 5.32 Å². The van der Waals surface area contributed by atoms with Crippen molar-refractivity contribution in [3.05, 3.63) is 0 Å². The molecule has 3 N–H and O–H groups in total. The number of carboxylic acid groups (broad SMARTS) is 1. The van der Waals surface area contributed by atoms with Crippen LogP contribution in [0.25, 0.3) is 0 Å². The van der Waals surface area contributed by atoms with Crippen LogP contribution in [0.4, 0.5) is 0 Å². The molecule has 0 aromatic rings. The zero-order valence-corrected chi connectivity index (χ0v) is 10.8. The molecule has 17 heavy (non-hydrogen) atoms. The molecule has 1 rings (SSSR count). The van der Waals surface area contributed by atoms with Gasteiger partial charge < -0.3 is 15.5 Å². The minimum atomic E-state index is -1.82. The molecule has 1 atom stereocenters. The van der Waals surface area contributed by atoms with Crippen molar-refractivity contribution in [1.29, 1.82) is 0 Å². The van der Waals surface area contributed by atoms with Gasteiger partial charge in [0.15, 0.2) is 0 Å². The fourth-order valence-electron chi connectivity index (χ4n) is 2.98. The Kier molecular flexibility index (Phi) is 3.52. The van der Waals surface area contributed by atoms with Crippen molar-refractivity contribution >= 4 is 11.9 Å². The topological polar surface area (TPSA) is 86.6 Å². The lowest BCUT2D eigenvalue weighted by atomic mass is 9.72. The summed E-state index contributed by atoms with van der Waals surface area (Å²) < 4.78 is 0. The zero-order valence-electron chi connectivity index (χ0n) is 10.8. The van der Waals surface area contributed by atoms with Gasteiger partial charge in [0.1, 0.15) is 0 Å². The molecule has 98 valence electrons. The molecule has 1 amide bonds. The Morgan fingerprint density at radius 1 is 1.18 bits per heavy atom. The first-order chi connectivity index (χ1) is 7.58. The number of carboxylic acids is 1. The van der Waals surface area contributed by atoms with Crippen molar-refractivity contribution in [3.63, 3.8) is 0 Å². The van der Waals surface area contributed by atoms with Crippen molar-refractivity contribution in [2.45, 2.75) is 46.8 Å². The van der Waals surface area contributed by atoms with Crippen molar-refractivity contribution < 1.29 is 19.8 Å². The number of aliphatic hydroxyl groups excluding tert-OH is 1. The van der Waals surface area contributed by atoms with Gasteiger partial charge in [-0.2, -0.15) is 0 Å². The van der Waals surface area contributed by atoms with Crippen molar-refractivity contribution in [1.82, 2.24) is 5.32 Å². The fourth-order valence-corrected chi connectivity index (χ4v) is 2.98. The first kappa shape index (κ1) is 14.0. The summed E-state index contributed by atoms with van der Waals surface area (Å²) in [5.74, 6) is -2.11. The Bertz CT molecular complexity index is 319. The third-order valence-corrected chi connectivity index (χ3v) is 3.75. The summed E-state index contributed by atoms with van der Waals surface area (Å²) in [5, 5.41) is 19.9. The number of hydrogen-bond donors (Lipinski definition) is 3. The summed E-state index contributed by atoms with van der Waals surface area (Å²) in [4.78, 5) is 22.6. The highest BCUT2D eigenvalue weighted by Gasteiger charge is 2.51. The lowest BCUT2D eigenvalue weighted by molar-refractivity contribution is -0.153. The second-order valence-corrected chi connectivity index (χ2v) is 6.16. The van der Waals surface area contributed by atoms with Crippen molar-refractivity contribution in [3.8, 4) is 0 Å². The maximum Gasteiger partial charge on any atom is 0.353 e. The molecule has 5 nitrogen and oxygen atoms in total. The molecule has 0 aromatic carbocycles. The van der Waals surface area contributed by atoms with Gasteiger partial charge in [-0.1, -0.05) is 27.7 Å². The molecule has 1 saturated carbocycles. The third-order valence-electron chi connectivity index (χ3n) is 3.75. The predicted octanol–water partition coefficient (Wildman–Crippen LogP) is 0.968. The molecule has 1 aliphatic carbocycles. The Balaban J connectivity index is 2.83. The minimum Gasteiger partial charge on any atom is -0.478 e. The van der Waals surface area contributed by atoms with Gasteiger partial charge in [0.25, 0.3) is 0 Å². The zero-order chi connectivity index (χ0) is 13.4. The Morgan fingerprint density at radius 3 is 1.94 bits per heavy atom. The largest absolute Gasteiger partial charge is 0.478 e. The Hall–Kier alpha value is -1.10. The van der Waals surface area contributed by atoms with Crippen LogP contribution < -0.4 is 5.32 Å². The summed E-state index contributed by atoms with van der Waals surface area (Å²) in [6.07, 6.45) is 0.0115. The van der Waals surface area contributed by atoms with Gasteiger partial charge in [-0.05, 0) is 23.7 Å². The van der Waals surface area contributed by atoms with Gasteiger partial charge >= 0.3 is 5.97 Å². The van der Waals surface area contributed by atoms with Crippen LogP contribution in [-0.4, -0.2) is 28.3 Å². The molecule has 0 aromatic heterocycles. The van der Waals surface area contributed by atoms with E-state index in [0.717, 1.165) is 12.8 Å². The lowest BCUT2D eigenvalue weighted by Crippen LogP contribution is -2.48. The van der Waals surface area contributed by atoms with Gasteiger partial charge in [-0.3, -0.25) is 4.79 Å². The molecule has 0 radical (unpaired) electrons. The van der Waals surface area contributed by atoms with Crippen LogP contribution in [0, 0.1) is 16.7 Å². The Morgan fingerprint density at radius 2 is 1.59 bits per heavy atom. The lowest BCUT2D eigenvalue weighted by Gasteiger charge is -2.34. The van der Waals surface area contributed by atoms with E-state index in [4.69, 9.17) is 10.2 Å². The van der Waals surface area contributed by atoms with E-state index in [1.165, 1.54) is 0 Å². The van der Waals surface area contributed by atoms with Gasteiger partial charge in [0, 0.05) is 5.92 Å². The molecule has 0 saturated heterocycles. The van der Waals surface area contributed by atoms with E-state index < -0.39 is 12.2 Å². The van der Waals surface area contributed by atoms with Crippen molar-refractivity contribution in [2.24, 2.45) is 16.7 Å². The Labute approximate surface area is 101 Å². The van der Waals surface area contributed by atoms with Crippen LogP contribution in [0.3, 0.4) is 0 Å². The fraction of sp³-hybridized carbons (Fsp3) is 0.833. The molecular weight excluding hydrogens is 222 g/mol. The number of rotatable bonds is 3. The number of carbonyl (C=O) groups excluding carboxylic acids is 1. The van der Waals surface area contributed by atoms with E-state index in [1.807, 2.05) is 27.7 Å². The number of aliphatic carboxylic acids is 1. The highest BCUT2D eigenvalue weighted by Crippen LogP contribution is 2.53. The smallest absolute Gasteiger partial charge is 0.353 e. The second kappa shape index (κ2) is 4.29. The van der Waals surface area contributed by atoms with Gasteiger partial charge in [-0.15, -0.1) is 0 Å². The number of nitrogens with one attached hydrogen (secondary N) is 1. The first-order valence-electron chi connectivity index (χ1n) is 5.79. The summed E-state index contributed by atoms with van der Waals surface area (Å²) in [6.45, 7) is 8.00. The first-order valence-corrected chi connectivity index (χ1v) is 5.79. The van der Waals surface area contributed by atoms with Gasteiger partial charge in [0.2, 0.25) is 12.1 Å². The number of aliphatic hydroxyl groups is 1. The van der Waals surface area contributed by atoms with Crippen LogP contribution in [-0.2, 0) is 9.59 Å². The minimum absolute atomic E-state index is 0.175. The van der Waals surface area contributed by atoms with Gasteiger partial charge in [0.05, 0.1) is 0 Å². The van der Waals surface area contributed by atoms with Crippen LogP contribution in [0.5, 0.6) is 0 Å². The highest BCUT2D eigenvalue weighted by molar-refractivity contribution is 5.85. The number of amides is 1.